The zero-order valence-electron chi connectivity index (χ0n) is 20.9. The van der Waals surface area contributed by atoms with Crippen molar-refractivity contribution in [2.75, 3.05) is 13.2 Å². The van der Waals surface area contributed by atoms with E-state index in [0.717, 1.165) is 4.68 Å². The molecule has 0 saturated carbocycles. The maximum Gasteiger partial charge on any atom is 0.422 e. The summed E-state index contributed by atoms with van der Waals surface area (Å²) < 4.78 is 81.6. The molecular formula is C26H21F6N5O3. The minimum absolute atomic E-state index is 0.0149. The van der Waals surface area contributed by atoms with Crippen LogP contribution in [0, 0.1) is 19.1 Å². The molecule has 0 fully saturated rings. The fourth-order valence-corrected chi connectivity index (χ4v) is 4.98. The Bertz CT molecular complexity index is 1470. The van der Waals surface area contributed by atoms with Crippen molar-refractivity contribution in [3.63, 3.8) is 0 Å². The van der Waals surface area contributed by atoms with Crippen LogP contribution in [0.5, 0.6) is 5.75 Å². The zero-order chi connectivity index (χ0) is 28.9. The number of carbonyl (C=O) groups is 2. The van der Waals surface area contributed by atoms with Gasteiger partial charge in [0.25, 0.3) is 11.8 Å². The maximum absolute atomic E-state index is 13.5. The molecule has 2 N–H and O–H groups in total. The van der Waals surface area contributed by atoms with E-state index >= 15 is 0 Å². The van der Waals surface area contributed by atoms with Crippen LogP contribution in [0.1, 0.15) is 56.1 Å². The molecule has 14 heteroatoms. The van der Waals surface area contributed by atoms with Gasteiger partial charge in [0.05, 0.1) is 23.2 Å². The van der Waals surface area contributed by atoms with E-state index in [0.29, 0.717) is 29.5 Å². The number of nitrogens with one attached hydrogen (secondary N) is 2. The number of hydrogen-bond donors (Lipinski definition) is 2. The van der Waals surface area contributed by atoms with Crippen LogP contribution in [-0.4, -0.2) is 52.1 Å². The lowest BCUT2D eigenvalue weighted by Crippen LogP contribution is -2.50. The van der Waals surface area contributed by atoms with E-state index in [4.69, 9.17) is 4.74 Å². The molecule has 1 aliphatic carbocycles. The second kappa shape index (κ2) is 9.72. The summed E-state index contributed by atoms with van der Waals surface area (Å²) in [5.41, 5.74) is 0.854. The van der Waals surface area contributed by atoms with E-state index in [1.807, 2.05) is 0 Å². The molecule has 2 amide bonds. The number of benzene rings is 1. The van der Waals surface area contributed by atoms with Crippen molar-refractivity contribution in [2.45, 2.75) is 50.5 Å². The van der Waals surface area contributed by atoms with Gasteiger partial charge in [0.2, 0.25) is 5.82 Å². The summed E-state index contributed by atoms with van der Waals surface area (Å²) in [5, 5.41) is 9.57. The largest absolute Gasteiger partial charge is 0.484 e. The van der Waals surface area contributed by atoms with Crippen molar-refractivity contribution in [3.05, 3.63) is 70.2 Å². The van der Waals surface area contributed by atoms with Gasteiger partial charge in [-0.05, 0) is 49.1 Å². The Hall–Kier alpha value is -4.28. The average Bonchev–Trinajstić information content (AvgIpc) is 3.41. The Morgan fingerprint density at radius 1 is 1.20 bits per heavy atom. The monoisotopic (exact) mass is 565 g/mol. The minimum Gasteiger partial charge on any atom is -0.484 e. The smallest absolute Gasteiger partial charge is 0.422 e. The molecule has 210 valence electrons. The highest BCUT2D eigenvalue weighted by Gasteiger charge is 2.47. The number of aromatic nitrogens is 3. The normalized spacial score (nSPS) is 18.1. The minimum atomic E-state index is -4.49. The zero-order valence-corrected chi connectivity index (χ0v) is 20.9. The molecule has 0 radical (unpaired) electrons. The molecule has 0 saturated heterocycles. The molecule has 0 unspecified atom stereocenters. The van der Waals surface area contributed by atoms with E-state index in [-0.39, 0.29) is 34.9 Å². The molecular weight excluding hydrogens is 544 g/mol. The summed E-state index contributed by atoms with van der Waals surface area (Å²) in [6, 6.07) is 10.0. The number of ether oxygens (including phenoxy) is 1. The van der Waals surface area contributed by atoms with Gasteiger partial charge >= 0.3 is 12.4 Å². The predicted octanol–water partition coefficient (Wildman–Crippen LogP) is 3.93. The molecule has 0 bridgehead atoms. The second-order valence-electron chi connectivity index (χ2n) is 9.65. The number of halogens is 6. The highest BCUT2D eigenvalue weighted by atomic mass is 19.4. The molecule has 1 aliphatic heterocycles. The maximum atomic E-state index is 13.5. The van der Waals surface area contributed by atoms with Crippen LogP contribution in [0.2, 0.25) is 0 Å². The Morgan fingerprint density at radius 2 is 1.98 bits per heavy atom. The number of alkyl halides is 6. The fourth-order valence-electron chi connectivity index (χ4n) is 4.98. The molecule has 3 aromatic rings. The van der Waals surface area contributed by atoms with Gasteiger partial charge in [-0.1, -0.05) is 12.1 Å². The highest BCUT2D eigenvalue weighted by molar-refractivity contribution is 6.08. The van der Waals surface area contributed by atoms with Crippen LogP contribution in [0.15, 0.2) is 24.4 Å². The predicted molar refractivity (Wildman–Crippen MR) is 126 cm³/mol. The van der Waals surface area contributed by atoms with Gasteiger partial charge in [0, 0.05) is 24.7 Å². The van der Waals surface area contributed by atoms with Crippen molar-refractivity contribution in [2.24, 2.45) is 0 Å². The third-order valence-corrected chi connectivity index (χ3v) is 6.68. The van der Waals surface area contributed by atoms with Gasteiger partial charge in [-0.3, -0.25) is 9.59 Å². The first-order valence-corrected chi connectivity index (χ1v) is 12.1. The molecule has 8 nitrogen and oxygen atoms in total. The first kappa shape index (κ1) is 27.3. The molecule has 2 aromatic heterocycles. The van der Waals surface area contributed by atoms with Gasteiger partial charge in [0.1, 0.15) is 11.4 Å². The topological polar surface area (TPSA) is 98.1 Å². The highest BCUT2D eigenvalue weighted by Crippen LogP contribution is 2.44. The summed E-state index contributed by atoms with van der Waals surface area (Å²) in [4.78, 5) is 30.7. The standard InChI is InChI=1S/C26H21F6N5O3/c1-14-2-5-19(34-12-14)37-21(23(39)33-9-8-25(27,28)29)20-18(36-37)11-24(35-22(20)38)7-6-15-10-16(3-4-17(15)24)40-13-26(30,31)32/h3-4,10,12H,6-9,11,13H2,1H3,(H,33,39)(H,35,38)/t24-/m0/s1. The fraction of sp³-hybridized carbons (Fsp3) is 0.385. The SMILES string of the molecule is Cc1c#cc(-n2nc3c(c2C(=O)NCCC(F)(F)F)C(=O)N[C@@]2(CCc4cc(OCC(F)(F)F)ccc42)C3)nc1. The Labute approximate surface area is 223 Å². The molecule has 5 rings (SSSR count). The summed E-state index contributed by atoms with van der Waals surface area (Å²) in [5.74, 6) is -1.57. The summed E-state index contributed by atoms with van der Waals surface area (Å²) in [7, 11) is 0. The van der Waals surface area contributed by atoms with E-state index in [1.165, 1.54) is 18.3 Å². The van der Waals surface area contributed by atoms with Crippen LogP contribution in [-0.2, 0) is 18.4 Å². The first-order chi connectivity index (χ1) is 18.7. The van der Waals surface area contributed by atoms with Crippen LogP contribution in [0.25, 0.3) is 5.82 Å². The van der Waals surface area contributed by atoms with E-state index in [2.05, 4.69) is 32.8 Å². The second-order valence-corrected chi connectivity index (χ2v) is 9.65. The van der Waals surface area contributed by atoms with Gasteiger partial charge in [0.15, 0.2) is 6.61 Å². The molecule has 2 aliphatic rings. The first-order valence-electron chi connectivity index (χ1n) is 12.1. The molecule has 40 heavy (non-hydrogen) atoms. The van der Waals surface area contributed by atoms with Crippen molar-refractivity contribution in [1.82, 2.24) is 25.4 Å². The van der Waals surface area contributed by atoms with Gasteiger partial charge < -0.3 is 15.4 Å². The lowest BCUT2D eigenvalue weighted by Gasteiger charge is -2.35. The van der Waals surface area contributed by atoms with Gasteiger partial charge in [-0.25, -0.2) is 9.67 Å². The summed E-state index contributed by atoms with van der Waals surface area (Å²) in [6.45, 7) is -0.443. The number of carbonyl (C=O) groups excluding carboxylic acids is 2. The summed E-state index contributed by atoms with van der Waals surface area (Å²) >= 11 is 0. The molecule has 1 aromatic carbocycles. The van der Waals surface area contributed by atoms with Crippen molar-refractivity contribution < 1.29 is 40.7 Å². The third-order valence-electron chi connectivity index (χ3n) is 6.68. The number of rotatable bonds is 6. The van der Waals surface area contributed by atoms with Crippen LogP contribution >= 0.6 is 0 Å². The lowest BCUT2D eigenvalue weighted by atomic mass is 9.82. The van der Waals surface area contributed by atoms with E-state index in [9.17, 15) is 35.9 Å². The number of aryl methyl sites for hydroxylation is 2. The lowest BCUT2D eigenvalue weighted by molar-refractivity contribution is -0.153. The number of amides is 2. The Balaban J connectivity index is 1.49. The average molecular weight is 565 g/mol. The Morgan fingerprint density at radius 3 is 2.65 bits per heavy atom. The van der Waals surface area contributed by atoms with Crippen molar-refractivity contribution >= 4 is 11.8 Å². The molecule has 1 spiro atoms. The van der Waals surface area contributed by atoms with Crippen LogP contribution < -0.4 is 15.4 Å². The quantitative estimate of drug-likeness (QED) is 0.442. The van der Waals surface area contributed by atoms with Gasteiger partial charge in [-0.15, -0.1) is 0 Å². The number of nitrogens with zero attached hydrogens (tertiary/aromatic N) is 3. The van der Waals surface area contributed by atoms with Crippen LogP contribution in [0.4, 0.5) is 26.3 Å². The van der Waals surface area contributed by atoms with Gasteiger partial charge in [-0.2, -0.15) is 31.4 Å². The van der Waals surface area contributed by atoms with Crippen molar-refractivity contribution in [1.29, 1.82) is 0 Å². The Kier molecular flexibility index (Phi) is 6.63. The number of hydrogen-bond acceptors (Lipinski definition) is 5. The van der Waals surface area contributed by atoms with Crippen LogP contribution in [0.3, 0.4) is 0 Å². The number of fused-ring (bicyclic) bond motifs is 3. The molecule has 1 atom stereocenters. The summed E-state index contributed by atoms with van der Waals surface area (Å²) in [6.07, 6.45) is -7.86. The molecule has 3 heterocycles. The van der Waals surface area contributed by atoms with E-state index in [1.54, 1.807) is 13.0 Å². The van der Waals surface area contributed by atoms with Crippen molar-refractivity contribution in [3.8, 4) is 11.6 Å². The van der Waals surface area contributed by atoms with E-state index < -0.39 is 49.3 Å². The third kappa shape index (κ3) is 5.41.